The maximum absolute atomic E-state index is 13.4. The molecule has 0 radical (unpaired) electrons. The van der Waals surface area contributed by atoms with Crippen molar-refractivity contribution in [3.8, 4) is 11.5 Å². The summed E-state index contributed by atoms with van der Waals surface area (Å²) in [6.07, 6.45) is 0. The molecule has 0 aliphatic heterocycles. The van der Waals surface area contributed by atoms with Crippen molar-refractivity contribution in [2.75, 3.05) is 12.4 Å². The van der Waals surface area contributed by atoms with Crippen LogP contribution in [-0.2, 0) is 10.1 Å². The van der Waals surface area contributed by atoms with Gasteiger partial charge in [0.2, 0.25) is 0 Å². The second-order valence-electron chi connectivity index (χ2n) is 7.87. The molecular weight excluding hydrogens is 564 g/mol. The van der Waals surface area contributed by atoms with Crippen molar-refractivity contribution in [2.24, 2.45) is 10.2 Å². The Hall–Kier alpha value is -2.70. The van der Waals surface area contributed by atoms with E-state index in [-0.39, 0.29) is 51.5 Å². The Balaban J connectivity index is 0.00000400. The van der Waals surface area contributed by atoms with Crippen molar-refractivity contribution in [3.63, 3.8) is 0 Å². The van der Waals surface area contributed by atoms with Gasteiger partial charge >= 0.3 is 29.6 Å². The molecule has 0 heterocycles. The quantitative estimate of drug-likeness (QED) is 0.203. The molecular formula is C25H18Cl2N3NaO6S. The molecule has 0 unspecified atom stereocenters. The number of fused-ring (bicyclic) bond motifs is 1. The number of azo groups is 1. The largest absolute Gasteiger partial charge is 1.00 e. The molecule has 2 N–H and O–H groups in total. The number of aryl methyl sites for hydroxylation is 1. The number of anilines is 1. The number of halogens is 2. The first-order valence-corrected chi connectivity index (χ1v) is 12.8. The van der Waals surface area contributed by atoms with Crippen LogP contribution in [0.25, 0.3) is 10.8 Å². The molecule has 190 valence electrons. The number of nitrogens with zero attached hydrogens (tertiary/aromatic N) is 2. The van der Waals surface area contributed by atoms with Gasteiger partial charge in [-0.05, 0) is 48.2 Å². The van der Waals surface area contributed by atoms with Crippen molar-refractivity contribution in [1.29, 1.82) is 0 Å². The summed E-state index contributed by atoms with van der Waals surface area (Å²) in [5, 5.41) is 25.4. The fourth-order valence-corrected chi connectivity index (χ4v) is 4.83. The van der Waals surface area contributed by atoms with Crippen molar-refractivity contribution >= 4 is 67.1 Å². The summed E-state index contributed by atoms with van der Waals surface area (Å²) in [5.41, 5.74) is 0.543. The van der Waals surface area contributed by atoms with E-state index in [1.165, 1.54) is 25.3 Å². The number of amides is 1. The monoisotopic (exact) mass is 581 g/mol. The Kier molecular flexibility index (Phi) is 9.43. The first kappa shape index (κ1) is 29.9. The van der Waals surface area contributed by atoms with Crippen LogP contribution in [0.3, 0.4) is 0 Å². The molecule has 0 saturated carbocycles. The van der Waals surface area contributed by atoms with E-state index in [4.69, 9.17) is 27.9 Å². The summed E-state index contributed by atoms with van der Waals surface area (Å²) in [5.74, 6) is -1.05. The predicted octanol–water partition coefficient (Wildman–Crippen LogP) is 3.46. The first-order valence-electron chi connectivity index (χ1n) is 10.6. The number of hydrogen-bond donors (Lipinski definition) is 2. The zero-order valence-electron chi connectivity index (χ0n) is 20.3. The SMILES string of the molecule is COc1cc(Cl)ccc1NC(=O)c1cc2ccccc2c(N=Nc2cc(Cl)c(S(=O)(=O)O)cc2C)c1[O-].[Na+]. The number of ether oxygens (including phenoxy) is 1. The zero-order chi connectivity index (χ0) is 26.9. The van der Waals surface area contributed by atoms with Gasteiger partial charge in [0.05, 0.1) is 29.2 Å². The molecule has 4 aromatic carbocycles. The van der Waals surface area contributed by atoms with Crippen LogP contribution in [-0.4, -0.2) is 26.0 Å². The molecule has 0 aromatic heterocycles. The molecule has 0 fully saturated rings. The third-order valence-electron chi connectivity index (χ3n) is 5.42. The Morgan fingerprint density at radius 2 is 1.76 bits per heavy atom. The third-order valence-corrected chi connectivity index (χ3v) is 6.97. The van der Waals surface area contributed by atoms with E-state index in [0.29, 0.717) is 32.8 Å². The third kappa shape index (κ3) is 6.29. The van der Waals surface area contributed by atoms with Crippen LogP contribution in [0, 0.1) is 6.92 Å². The van der Waals surface area contributed by atoms with E-state index in [2.05, 4.69) is 15.5 Å². The Morgan fingerprint density at radius 1 is 1.05 bits per heavy atom. The number of hydrogen-bond acceptors (Lipinski definition) is 7. The normalized spacial score (nSPS) is 11.4. The number of methoxy groups -OCH3 is 1. The molecule has 0 aliphatic carbocycles. The van der Waals surface area contributed by atoms with Gasteiger partial charge in [-0.15, -0.1) is 0 Å². The van der Waals surface area contributed by atoms with E-state index >= 15 is 0 Å². The number of carbonyl (C=O) groups is 1. The van der Waals surface area contributed by atoms with Crippen molar-refractivity contribution in [1.82, 2.24) is 0 Å². The molecule has 1 amide bonds. The summed E-state index contributed by atoms with van der Waals surface area (Å²) < 4.78 is 37.6. The van der Waals surface area contributed by atoms with E-state index < -0.39 is 26.7 Å². The van der Waals surface area contributed by atoms with Gasteiger partial charge in [0.1, 0.15) is 10.6 Å². The van der Waals surface area contributed by atoms with Gasteiger partial charge in [0.15, 0.2) is 0 Å². The minimum atomic E-state index is -4.54. The van der Waals surface area contributed by atoms with E-state index in [9.17, 15) is 22.9 Å². The van der Waals surface area contributed by atoms with Crippen molar-refractivity contribution in [2.45, 2.75) is 11.8 Å². The second kappa shape index (κ2) is 12.0. The van der Waals surface area contributed by atoms with Gasteiger partial charge in [-0.3, -0.25) is 9.35 Å². The van der Waals surface area contributed by atoms with Crippen molar-refractivity contribution < 1.29 is 57.2 Å². The Bertz CT molecular complexity index is 1700. The zero-order valence-corrected chi connectivity index (χ0v) is 24.6. The Labute approximate surface area is 250 Å². The first-order chi connectivity index (χ1) is 17.5. The number of nitrogens with one attached hydrogen (secondary N) is 1. The molecule has 0 atom stereocenters. The molecule has 4 aromatic rings. The maximum atomic E-state index is 13.4. The fraction of sp³-hybridized carbons (Fsp3) is 0.0800. The molecule has 0 spiro atoms. The molecule has 4 rings (SSSR count). The summed E-state index contributed by atoms with van der Waals surface area (Å²) in [6, 6.07) is 15.3. The van der Waals surface area contributed by atoms with Crippen LogP contribution >= 0.6 is 23.2 Å². The van der Waals surface area contributed by atoms with Gasteiger partial charge < -0.3 is 15.2 Å². The number of rotatable bonds is 6. The van der Waals surface area contributed by atoms with Gasteiger partial charge in [-0.2, -0.15) is 18.6 Å². The number of carbonyl (C=O) groups excluding carboxylic acids is 1. The fourth-order valence-electron chi connectivity index (χ4n) is 3.59. The van der Waals surface area contributed by atoms with Crippen LogP contribution in [0.15, 0.2) is 75.8 Å². The molecule has 0 aliphatic rings. The summed E-state index contributed by atoms with van der Waals surface area (Å²) in [7, 11) is -3.12. The maximum Gasteiger partial charge on any atom is 1.00 e. The molecule has 38 heavy (non-hydrogen) atoms. The van der Waals surface area contributed by atoms with E-state index in [1.807, 2.05) is 0 Å². The average molecular weight is 582 g/mol. The smallest absolute Gasteiger partial charge is 0.870 e. The molecule has 13 heteroatoms. The van der Waals surface area contributed by atoms with E-state index in [1.54, 1.807) is 43.3 Å². The molecule has 0 saturated heterocycles. The minimum Gasteiger partial charge on any atom is -0.870 e. The molecule has 0 bridgehead atoms. The van der Waals surface area contributed by atoms with E-state index in [0.717, 1.165) is 6.07 Å². The van der Waals surface area contributed by atoms with Crippen LogP contribution in [0.1, 0.15) is 15.9 Å². The average Bonchev–Trinajstić information content (AvgIpc) is 2.85. The van der Waals surface area contributed by atoms with Gasteiger partial charge in [0.25, 0.3) is 16.0 Å². The minimum absolute atomic E-state index is 0. The second-order valence-corrected chi connectivity index (χ2v) is 10.1. The summed E-state index contributed by atoms with van der Waals surface area (Å²) >= 11 is 12.0. The topological polar surface area (TPSA) is 140 Å². The number of benzene rings is 4. The van der Waals surface area contributed by atoms with Gasteiger partial charge in [-0.1, -0.05) is 53.2 Å². The summed E-state index contributed by atoms with van der Waals surface area (Å²) in [6.45, 7) is 1.54. The van der Waals surface area contributed by atoms with Gasteiger partial charge in [0, 0.05) is 22.0 Å². The van der Waals surface area contributed by atoms with Crippen LogP contribution in [0.2, 0.25) is 10.0 Å². The molecule has 9 nitrogen and oxygen atoms in total. The van der Waals surface area contributed by atoms with Crippen LogP contribution in [0.5, 0.6) is 11.5 Å². The van der Waals surface area contributed by atoms with Crippen molar-refractivity contribution in [3.05, 3.63) is 81.8 Å². The van der Waals surface area contributed by atoms with Crippen LogP contribution < -0.4 is 44.7 Å². The van der Waals surface area contributed by atoms with Crippen LogP contribution in [0.4, 0.5) is 17.1 Å². The Morgan fingerprint density at radius 3 is 2.45 bits per heavy atom. The predicted molar refractivity (Wildman–Crippen MR) is 140 cm³/mol. The summed E-state index contributed by atoms with van der Waals surface area (Å²) in [4.78, 5) is 12.6. The standard InChI is InChI=1S/C25H19Cl2N3O6S.Na/c1-13-9-22(37(33,34)35)18(27)12-20(13)29-30-23-16-6-4-3-5-14(16)10-17(24(23)31)25(32)28-19-8-7-15(26)11-21(19)36-2;/h3-12,31H,1-2H3,(H,28,32)(H,33,34,35);/q;+1/p-1. The van der Waals surface area contributed by atoms with Gasteiger partial charge in [-0.25, -0.2) is 0 Å².